The van der Waals surface area contributed by atoms with Crippen LogP contribution in [0.5, 0.6) is 5.75 Å². The second-order valence-electron chi connectivity index (χ2n) is 7.13. The lowest BCUT2D eigenvalue weighted by Gasteiger charge is -2.37. The zero-order chi connectivity index (χ0) is 19.2. The Balaban J connectivity index is 1.60. The fraction of sp³-hybridized carbons (Fsp3) is 0.409. The van der Waals surface area contributed by atoms with Crippen molar-refractivity contribution >= 4 is 17.3 Å². The molecule has 0 saturated carbocycles. The van der Waals surface area contributed by atoms with Crippen LogP contribution in [-0.4, -0.2) is 56.7 Å². The molecule has 1 aliphatic rings. The van der Waals surface area contributed by atoms with Gasteiger partial charge < -0.3 is 14.5 Å². The summed E-state index contributed by atoms with van der Waals surface area (Å²) in [6.45, 7) is 8.08. The number of rotatable bonds is 6. The zero-order valence-corrected chi connectivity index (χ0v) is 16.5. The number of piperazine rings is 1. The molecule has 1 saturated heterocycles. The normalized spacial score (nSPS) is 15.0. The molecular weight excluding hydrogens is 338 g/mol. The topological polar surface area (TPSA) is 36.0 Å². The highest BCUT2D eigenvalue weighted by Gasteiger charge is 2.25. The van der Waals surface area contributed by atoms with Crippen molar-refractivity contribution in [1.82, 2.24) is 4.90 Å². The van der Waals surface area contributed by atoms with E-state index in [1.165, 1.54) is 0 Å². The van der Waals surface area contributed by atoms with Crippen LogP contribution in [0, 0.1) is 0 Å². The van der Waals surface area contributed by atoms with E-state index in [1.54, 1.807) is 7.11 Å². The summed E-state index contributed by atoms with van der Waals surface area (Å²) >= 11 is 0. The molecule has 1 fully saturated rings. The number of ether oxygens (including phenoxy) is 1. The van der Waals surface area contributed by atoms with Gasteiger partial charge in [0.25, 0.3) is 0 Å². The number of nitrogens with zero attached hydrogens (tertiary/aromatic N) is 3. The summed E-state index contributed by atoms with van der Waals surface area (Å²) in [5, 5.41) is 0. The van der Waals surface area contributed by atoms with Crippen molar-refractivity contribution in [2.45, 2.75) is 19.9 Å². The van der Waals surface area contributed by atoms with E-state index in [0.717, 1.165) is 43.3 Å². The molecule has 5 heteroatoms. The molecule has 2 aromatic carbocycles. The molecule has 0 unspecified atom stereocenters. The van der Waals surface area contributed by atoms with Gasteiger partial charge in [-0.1, -0.05) is 30.3 Å². The van der Waals surface area contributed by atoms with Gasteiger partial charge in [-0.05, 0) is 38.1 Å². The highest BCUT2D eigenvalue weighted by atomic mass is 16.5. The second kappa shape index (κ2) is 8.91. The van der Waals surface area contributed by atoms with Gasteiger partial charge in [0, 0.05) is 37.9 Å². The smallest absolute Gasteiger partial charge is 0.241 e. The molecule has 1 aliphatic heterocycles. The molecule has 0 aromatic heterocycles. The van der Waals surface area contributed by atoms with Crippen LogP contribution in [-0.2, 0) is 4.79 Å². The Bertz CT molecular complexity index is 740. The van der Waals surface area contributed by atoms with Gasteiger partial charge in [-0.2, -0.15) is 0 Å². The maximum Gasteiger partial charge on any atom is 0.241 e. The zero-order valence-electron chi connectivity index (χ0n) is 16.5. The summed E-state index contributed by atoms with van der Waals surface area (Å²) in [5.74, 6) is 1.05. The van der Waals surface area contributed by atoms with E-state index in [9.17, 15) is 4.79 Å². The first-order valence-electron chi connectivity index (χ1n) is 9.57. The number of carbonyl (C=O) groups excluding carboxylic acids is 1. The average molecular weight is 367 g/mol. The summed E-state index contributed by atoms with van der Waals surface area (Å²) in [6.07, 6.45) is 0. The van der Waals surface area contributed by atoms with Gasteiger partial charge in [0.2, 0.25) is 5.91 Å². The van der Waals surface area contributed by atoms with Gasteiger partial charge in [0.15, 0.2) is 0 Å². The quantitative estimate of drug-likeness (QED) is 0.785. The summed E-state index contributed by atoms with van der Waals surface area (Å²) in [7, 11) is 1.71. The van der Waals surface area contributed by atoms with Gasteiger partial charge in [-0.25, -0.2) is 0 Å². The Morgan fingerprint density at radius 1 is 1.00 bits per heavy atom. The van der Waals surface area contributed by atoms with E-state index in [4.69, 9.17) is 4.74 Å². The van der Waals surface area contributed by atoms with E-state index in [1.807, 2.05) is 53.4 Å². The van der Waals surface area contributed by atoms with E-state index in [2.05, 4.69) is 29.7 Å². The summed E-state index contributed by atoms with van der Waals surface area (Å²) in [6, 6.07) is 18.2. The SMILES string of the molecule is COc1ccccc1N1CCN(CC(=O)N(c2ccccc2)C(C)C)CC1. The van der Waals surface area contributed by atoms with Crippen LogP contribution in [0.15, 0.2) is 54.6 Å². The molecule has 0 atom stereocenters. The Hall–Kier alpha value is -2.53. The molecule has 27 heavy (non-hydrogen) atoms. The van der Waals surface area contributed by atoms with Crippen molar-refractivity contribution in [3.63, 3.8) is 0 Å². The van der Waals surface area contributed by atoms with Crippen molar-refractivity contribution in [1.29, 1.82) is 0 Å². The predicted molar refractivity (Wildman–Crippen MR) is 111 cm³/mol. The first kappa shape index (κ1) is 19.2. The fourth-order valence-electron chi connectivity index (χ4n) is 3.62. The highest BCUT2D eigenvalue weighted by Crippen LogP contribution is 2.28. The van der Waals surface area contributed by atoms with Crippen LogP contribution in [0.25, 0.3) is 0 Å². The van der Waals surface area contributed by atoms with Crippen molar-refractivity contribution in [3.05, 3.63) is 54.6 Å². The first-order valence-corrected chi connectivity index (χ1v) is 9.57. The molecule has 1 heterocycles. The minimum atomic E-state index is 0.134. The lowest BCUT2D eigenvalue weighted by atomic mass is 10.2. The van der Waals surface area contributed by atoms with E-state index in [0.29, 0.717) is 6.54 Å². The lowest BCUT2D eigenvalue weighted by Crippen LogP contribution is -2.51. The summed E-state index contributed by atoms with van der Waals surface area (Å²) in [5.41, 5.74) is 2.09. The fourth-order valence-corrected chi connectivity index (χ4v) is 3.62. The predicted octanol–water partition coefficient (Wildman–Crippen LogP) is 3.26. The lowest BCUT2D eigenvalue weighted by molar-refractivity contribution is -0.120. The third-order valence-corrected chi connectivity index (χ3v) is 4.98. The molecule has 0 spiro atoms. The van der Waals surface area contributed by atoms with Crippen LogP contribution >= 0.6 is 0 Å². The van der Waals surface area contributed by atoms with Gasteiger partial charge >= 0.3 is 0 Å². The molecule has 5 nitrogen and oxygen atoms in total. The summed E-state index contributed by atoms with van der Waals surface area (Å²) in [4.78, 5) is 19.4. The number of amides is 1. The number of anilines is 2. The maximum absolute atomic E-state index is 13.0. The van der Waals surface area contributed by atoms with E-state index in [-0.39, 0.29) is 11.9 Å². The van der Waals surface area contributed by atoms with Gasteiger partial charge in [0.05, 0.1) is 19.3 Å². The minimum Gasteiger partial charge on any atom is -0.495 e. The highest BCUT2D eigenvalue weighted by molar-refractivity contribution is 5.95. The van der Waals surface area contributed by atoms with E-state index >= 15 is 0 Å². The maximum atomic E-state index is 13.0. The van der Waals surface area contributed by atoms with Gasteiger partial charge in [-0.15, -0.1) is 0 Å². The molecule has 1 amide bonds. The first-order chi connectivity index (χ1) is 13.1. The number of benzene rings is 2. The van der Waals surface area contributed by atoms with Crippen molar-refractivity contribution in [2.24, 2.45) is 0 Å². The van der Waals surface area contributed by atoms with Gasteiger partial charge in [-0.3, -0.25) is 9.69 Å². The Morgan fingerprint density at radius 2 is 1.63 bits per heavy atom. The monoisotopic (exact) mass is 367 g/mol. The third kappa shape index (κ3) is 4.61. The second-order valence-corrected chi connectivity index (χ2v) is 7.13. The van der Waals surface area contributed by atoms with Gasteiger partial charge in [0.1, 0.15) is 5.75 Å². The molecule has 144 valence electrons. The molecule has 0 radical (unpaired) electrons. The molecule has 3 rings (SSSR count). The number of carbonyl (C=O) groups is 1. The van der Waals surface area contributed by atoms with E-state index < -0.39 is 0 Å². The number of hydrogen-bond donors (Lipinski definition) is 0. The number of para-hydroxylation sites is 3. The van der Waals surface area contributed by atoms with Crippen molar-refractivity contribution in [3.8, 4) is 5.75 Å². The van der Waals surface area contributed by atoms with Crippen molar-refractivity contribution < 1.29 is 9.53 Å². The standard InChI is InChI=1S/C22H29N3O2/c1-18(2)25(19-9-5-4-6-10-19)22(26)17-23-13-15-24(16-14-23)20-11-7-8-12-21(20)27-3/h4-12,18H,13-17H2,1-3H3. The van der Waals surface area contributed by atoms with Crippen LogP contribution in [0.4, 0.5) is 11.4 Å². The molecule has 0 aliphatic carbocycles. The molecular formula is C22H29N3O2. The Morgan fingerprint density at radius 3 is 2.26 bits per heavy atom. The van der Waals surface area contributed by atoms with Crippen LogP contribution in [0.2, 0.25) is 0 Å². The van der Waals surface area contributed by atoms with Crippen molar-refractivity contribution in [2.75, 3.05) is 49.6 Å². The van der Waals surface area contributed by atoms with Crippen LogP contribution in [0.3, 0.4) is 0 Å². The third-order valence-electron chi connectivity index (χ3n) is 4.98. The number of hydrogen-bond acceptors (Lipinski definition) is 4. The largest absolute Gasteiger partial charge is 0.495 e. The summed E-state index contributed by atoms with van der Waals surface area (Å²) < 4.78 is 5.48. The van der Waals surface area contributed by atoms with Crippen LogP contribution in [0.1, 0.15) is 13.8 Å². The minimum absolute atomic E-state index is 0.134. The number of methoxy groups -OCH3 is 1. The Labute approximate surface area is 162 Å². The average Bonchev–Trinajstić information content (AvgIpc) is 2.69. The Kier molecular flexibility index (Phi) is 6.35. The van der Waals surface area contributed by atoms with Crippen LogP contribution < -0.4 is 14.5 Å². The molecule has 2 aromatic rings. The molecule has 0 N–H and O–H groups in total. The molecule has 0 bridgehead atoms.